The fourth-order valence-corrected chi connectivity index (χ4v) is 4.64. The van der Waals surface area contributed by atoms with E-state index in [1.807, 2.05) is 32.0 Å². The first-order valence-electron chi connectivity index (χ1n) is 10.8. The van der Waals surface area contributed by atoms with Crippen LogP contribution >= 0.6 is 0 Å². The van der Waals surface area contributed by atoms with Gasteiger partial charge in [0, 0.05) is 18.0 Å². The van der Waals surface area contributed by atoms with Crippen molar-refractivity contribution < 1.29 is 27.9 Å². The highest BCUT2D eigenvalue weighted by Gasteiger charge is 2.34. The number of carbonyl (C=O) groups excluding carboxylic acids is 2. The molecule has 1 fully saturated rings. The Morgan fingerprint density at radius 3 is 2.66 bits per heavy atom. The summed E-state index contributed by atoms with van der Waals surface area (Å²) in [6.45, 7) is 5.67. The van der Waals surface area contributed by atoms with E-state index in [0.717, 1.165) is 5.39 Å². The standard InChI is InChI=1S/C22H31N3O6S/c1-13(2)10-17(24-22(28)20-11-15-6-4-5-7-19(15)31-20)21(27)23-16-9-8-14(3)25(32(29)30)12-18(16)26/h4-7,11,13-14,16-18,26H,8-10,12H2,1-3H3,(H,23,27)(H,24,28)(H,29,30)/t14-,16-,17-,18-/m0/s1. The number of aliphatic hydroxyl groups is 1. The molecule has 4 N–H and O–H groups in total. The van der Waals surface area contributed by atoms with Gasteiger partial charge in [-0.2, -0.15) is 4.31 Å². The minimum absolute atomic E-state index is 0.0323. The third kappa shape index (κ3) is 5.94. The zero-order valence-corrected chi connectivity index (χ0v) is 19.3. The van der Waals surface area contributed by atoms with Crippen LogP contribution in [0.3, 0.4) is 0 Å². The number of para-hydroxylation sites is 1. The van der Waals surface area contributed by atoms with Crippen molar-refractivity contribution >= 4 is 34.1 Å². The molecule has 0 bridgehead atoms. The van der Waals surface area contributed by atoms with Crippen LogP contribution < -0.4 is 10.6 Å². The maximum atomic E-state index is 13.1. The minimum atomic E-state index is -2.20. The van der Waals surface area contributed by atoms with Crippen LogP contribution in [0.1, 0.15) is 50.6 Å². The molecule has 0 aliphatic carbocycles. The number of aliphatic hydroxyl groups excluding tert-OH is 1. The zero-order chi connectivity index (χ0) is 23.4. The molecule has 10 heteroatoms. The Morgan fingerprint density at radius 2 is 2.00 bits per heavy atom. The van der Waals surface area contributed by atoms with Crippen LogP contribution in [-0.2, 0) is 16.1 Å². The fourth-order valence-electron chi connectivity index (χ4n) is 3.94. The molecule has 1 aromatic heterocycles. The molecule has 0 saturated carbocycles. The molecule has 1 aliphatic rings. The number of β-amino-alcohol motifs (C(OH)–C–C–N with tert-alkyl or cyclic N) is 1. The number of hydrogen-bond donors (Lipinski definition) is 4. The molecule has 32 heavy (non-hydrogen) atoms. The minimum Gasteiger partial charge on any atom is -0.451 e. The smallest absolute Gasteiger partial charge is 0.287 e. The number of hydrogen-bond acceptors (Lipinski definition) is 5. The van der Waals surface area contributed by atoms with Gasteiger partial charge >= 0.3 is 0 Å². The Balaban J connectivity index is 1.70. The molecule has 9 nitrogen and oxygen atoms in total. The molecule has 0 spiro atoms. The molecular weight excluding hydrogens is 434 g/mol. The van der Waals surface area contributed by atoms with Crippen molar-refractivity contribution in [2.24, 2.45) is 5.92 Å². The molecule has 2 heterocycles. The Kier molecular flexibility index (Phi) is 8.05. The van der Waals surface area contributed by atoms with E-state index in [9.17, 15) is 23.5 Å². The molecule has 1 saturated heterocycles. The van der Waals surface area contributed by atoms with Gasteiger partial charge in [0.05, 0.1) is 12.1 Å². The average Bonchev–Trinajstić information content (AvgIpc) is 3.11. The van der Waals surface area contributed by atoms with Gasteiger partial charge in [-0.1, -0.05) is 32.0 Å². The zero-order valence-electron chi connectivity index (χ0n) is 18.5. The van der Waals surface area contributed by atoms with Gasteiger partial charge in [-0.3, -0.25) is 14.1 Å². The molecule has 1 aromatic carbocycles. The maximum absolute atomic E-state index is 13.1. The molecule has 1 unspecified atom stereocenters. The lowest BCUT2D eigenvalue weighted by Gasteiger charge is -2.27. The number of benzene rings is 1. The normalized spacial score (nSPS) is 24.1. The summed E-state index contributed by atoms with van der Waals surface area (Å²) in [7, 11) is 0. The Morgan fingerprint density at radius 1 is 1.28 bits per heavy atom. The van der Waals surface area contributed by atoms with Crippen molar-refractivity contribution in [1.29, 1.82) is 0 Å². The molecule has 0 radical (unpaired) electrons. The molecular formula is C22H31N3O6S. The first-order chi connectivity index (χ1) is 15.2. The molecule has 3 rings (SSSR count). The third-order valence-corrected chi connectivity index (χ3v) is 6.64. The number of rotatable bonds is 7. The topological polar surface area (TPSA) is 132 Å². The van der Waals surface area contributed by atoms with Gasteiger partial charge in [-0.25, -0.2) is 4.21 Å². The van der Waals surface area contributed by atoms with Gasteiger partial charge in [0.2, 0.25) is 17.2 Å². The van der Waals surface area contributed by atoms with Crippen LogP contribution in [0.4, 0.5) is 0 Å². The second kappa shape index (κ2) is 10.6. The van der Waals surface area contributed by atoms with E-state index in [1.54, 1.807) is 19.1 Å². The van der Waals surface area contributed by atoms with Crippen molar-refractivity contribution in [3.8, 4) is 0 Å². The van der Waals surface area contributed by atoms with E-state index >= 15 is 0 Å². The van der Waals surface area contributed by atoms with E-state index in [1.165, 1.54) is 4.31 Å². The summed E-state index contributed by atoms with van der Waals surface area (Å²) >= 11 is -2.20. The summed E-state index contributed by atoms with van der Waals surface area (Å²) in [5, 5.41) is 16.9. The number of carbonyl (C=O) groups is 2. The largest absolute Gasteiger partial charge is 0.451 e. The predicted octanol–water partition coefficient (Wildman–Crippen LogP) is 2.04. The summed E-state index contributed by atoms with van der Waals surface area (Å²) in [5.41, 5.74) is 0.587. The van der Waals surface area contributed by atoms with E-state index in [4.69, 9.17) is 4.42 Å². The average molecular weight is 466 g/mol. The van der Waals surface area contributed by atoms with E-state index in [2.05, 4.69) is 10.6 Å². The fraction of sp³-hybridized carbons (Fsp3) is 0.545. The molecule has 2 amide bonds. The van der Waals surface area contributed by atoms with E-state index in [0.29, 0.717) is 24.8 Å². The van der Waals surface area contributed by atoms with Gasteiger partial charge in [-0.05, 0) is 44.2 Å². The first-order valence-corrected chi connectivity index (χ1v) is 11.9. The first kappa shape index (κ1) is 24.4. The van der Waals surface area contributed by atoms with Gasteiger partial charge in [0.1, 0.15) is 11.6 Å². The lowest BCUT2D eigenvalue weighted by molar-refractivity contribution is -0.125. The summed E-state index contributed by atoms with van der Waals surface area (Å²) in [6, 6.07) is 7.29. The highest BCUT2D eigenvalue weighted by Crippen LogP contribution is 2.21. The number of nitrogens with zero attached hydrogens (tertiary/aromatic N) is 1. The Hall–Kier alpha value is -2.27. The second-order valence-electron chi connectivity index (χ2n) is 8.74. The third-order valence-electron chi connectivity index (χ3n) is 5.73. The van der Waals surface area contributed by atoms with Gasteiger partial charge in [0.15, 0.2) is 5.76 Å². The maximum Gasteiger partial charge on any atom is 0.287 e. The lowest BCUT2D eigenvalue weighted by atomic mass is 10.0. The SMILES string of the molecule is CC(C)C[C@H](NC(=O)c1cc2ccccc2o1)C(=O)N[C@H]1CC[C@H](C)N(S(=O)O)C[C@@H]1O. The summed E-state index contributed by atoms with van der Waals surface area (Å²) in [5.74, 6) is -0.637. The van der Waals surface area contributed by atoms with Crippen molar-refractivity contribution in [3.05, 3.63) is 36.1 Å². The number of furan rings is 1. The number of nitrogens with one attached hydrogen (secondary N) is 2. The Labute approximate surface area is 190 Å². The number of fused-ring (bicyclic) bond motifs is 1. The highest BCUT2D eigenvalue weighted by molar-refractivity contribution is 7.76. The van der Waals surface area contributed by atoms with Crippen molar-refractivity contribution in [1.82, 2.24) is 14.9 Å². The quantitative estimate of drug-likeness (QED) is 0.463. The lowest BCUT2D eigenvalue weighted by Crippen LogP contribution is -2.53. The van der Waals surface area contributed by atoms with Crippen LogP contribution in [0, 0.1) is 5.92 Å². The van der Waals surface area contributed by atoms with Crippen molar-refractivity contribution in [2.45, 2.75) is 64.3 Å². The molecule has 5 atom stereocenters. The summed E-state index contributed by atoms with van der Waals surface area (Å²) < 4.78 is 27.9. The van der Waals surface area contributed by atoms with Crippen LogP contribution in [-0.4, -0.2) is 60.8 Å². The van der Waals surface area contributed by atoms with E-state index < -0.39 is 41.3 Å². The van der Waals surface area contributed by atoms with Gasteiger partial charge in [0.25, 0.3) is 5.91 Å². The van der Waals surface area contributed by atoms with Crippen molar-refractivity contribution in [3.63, 3.8) is 0 Å². The molecule has 2 aromatic rings. The highest BCUT2D eigenvalue weighted by atomic mass is 32.2. The number of amides is 2. The van der Waals surface area contributed by atoms with Crippen LogP contribution in [0.5, 0.6) is 0 Å². The van der Waals surface area contributed by atoms with Gasteiger partial charge in [-0.15, -0.1) is 0 Å². The van der Waals surface area contributed by atoms with Crippen molar-refractivity contribution in [2.75, 3.05) is 6.54 Å². The van der Waals surface area contributed by atoms with Crippen LogP contribution in [0.25, 0.3) is 11.0 Å². The molecule has 1 aliphatic heterocycles. The Bertz CT molecular complexity index is 944. The summed E-state index contributed by atoms with van der Waals surface area (Å²) in [6.07, 6.45) is 0.386. The van der Waals surface area contributed by atoms with Crippen LogP contribution in [0.2, 0.25) is 0 Å². The monoisotopic (exact) mass is 465 g/mol. The van der Waals surface area contributed by atoms with Gasteiger partial charge < -0.3 is 20.2 Å². The van der Waals surface area contributed by atoms with E-state index in [-0.39, 0.29) is 24.3 Å². The predicted molar refractivity (Wildman–Crippen MR) is 121 cm³/mol. The summed E-state index contributed by atoms with van der Waals surface area (Å²) in [4.78, 5) is 25.8. The second-order valence-corrected chi connectivity index (χ2v) is 9.67. The molecule has 176 valence electrons. The van der Waals surface area contributed by atoms with Crippen LogP contribution in [0.15, 0.2) is 34.7 Å².